The molecule has 0 aliphatic rings. The van der Waals surface area contributed by atoms with Crippen LogP contribution < -0.4 is 18.9 Å². The Balaban J connectivity index is 2.82. The molecule has 0 aliphatic carbocycles. The topological polar surface area (TPSA) is 36.9 Å². The summed E-state index contributed by atoms with van der Waals surface area (Å²) in [6, 6.07) is 0. The van der Waals surface area contributed by atoms with Gasteiger partial charge in [0.2, 0.25) is 0 Å². The fraction of sp³-hybridized carbons (Fsp3) is 0.429. The molecule has 0 spiro atoms. The monoisotopic (exact) mass is 412 g/mol. The first-order valence-electron chi connectivity index (χ1n) is 8.53. The van der Waals surface area contributed by atoms with E-state index < -0.39 is 0 Å². The number of methoxy groups -OCH3 is 4. The van der Waals surface area contributed by atoms with Crippen LogP contribution in [0, 0.1) is 27.7 Å². The predicted molar refractivity (Wildman–Crippen MR) is 111 cm³/mol. The van der Waals surface area contributed by atoms with Gasteiger partial charge in [0, 0.05) is 28.7 Å². The lowest BCUT2D eigenvalue weighted by atomic mass is 9.92. The van der Waals surface area contributed by atoms with Crippen LogP contribution in [0.1, 0.15) is 33.4 Å². The third kappa shape index (κ3) is 3.53. The third-order valence-corrected chi connectivity index (χ3v) is 5.95. The molecule has 0 N–H and O–H groups in total. The maximum atomic E-state index is 6.56. The molecule has 0 amide bonds. The second-order valence-electron chi connectivity index (χ2n) is 6.39. The van der Waals surface area contributed by atoms with Gasteiger partial charge >= 0.3 is 0 Å². The molecule has 27 heavy (non-hydrogen) atoms. The zero-order valence-corrected chi connectivity index (χ0v) is 18.6. The summed E-state index contributed by atoms with van der Waals surface area (Å²) in [6.45, 7) is 7.82. The second kappa shape index (κ2) is 8.49. The average molecular weight is 413 g/mol. The minimum absolute atomic E-state index is 0.511. The van der Waals surface area contributed by atoms with Crippen molar-refractivity contribution in [1.29, 1.82) is 0 Å². The van der Waals surface area contributed by atoms with Gasteiger partial charge in [-0.2, -0.15) is 0 Å². The number of ether oxygens (including phenoxy) is 4. The molecule has 2 aromatic carbocycles. The highest BCUT2D eigenvalue weighted by Gasteiger charge is 2.25. The molecule has 0 radical (unpaired) electrons. The van der Waals surface area contributed by atoms with E-state index >= 15 is 0 Å². The van der Waals surface area contributed by atoms with Crippen molar-refractivity contribution in [2.45, 2.75) is 34.1 Å². The van der Waals surface area contributed by atoms with Crippen molar-refractivity contribution in [3.63, 3.8) is 0 Å². The summed E-state index contributed by atoms with van der Waals surface area (Å²) in [6.07, 6.45) is 0.511. The van der Waals surface area contributed by atoms with Crippen LogP contribution in [0.5, 0.6) is 23.0 Å². The maximum Gasteiger partial charge on any atom is 0.141 e. The summed E-state index contributed by atoms with van der Waals surface area (Å²) in [5, 5.41) is 1.08. The zero-order valence-electron chi connectivity index (χ0n) is 17.1. The van der Waals surface area contributed by atoms with E-state index in [4.69, 9.17) is 42.1 Å². The van der Waals surface area contributed by atoms with E-state index in [2.05, 4.69) is 0 Å². The number of benzene rings is 2. The Morgan fingerprint density at radius 1 is 0.519 bits per heavy atom. The molecule has 0 heterocycles. The largest absolute Gasteiger partial charge is 0.496 e. The summed E-state index contributed by atoms with van der Waals surface area (Å²) >= 11 is 13.1. The molecule has 4 nitrogen and oxygen atoms in total. The Morgan fingerprint density at radius 3 is 1.07 bits per heavy atom. The van der Waals surface area contributed by atoms with Crippen LogP contribution in [0.15, 0.2) is 0 Å². The van der Waals surface area contributed by atoms with Gasteiger partial charge in [-0.25, -0.2) is 0 Å². The predicted octanol–water partition coefficient (Wildman–Crippen LogP) is 5.85. The quantitative estimate of drug-likeness (QED) is 0.595. The van der Waals surface area contributed by atoms with Crippen molar-refractivity contribution in [1.82, 2.24) is 0 Å². The fourth-order valence-electron chi connectivity index (χ4n) is 3.62. The number of hydrogen-bond donors (Lipinski definition) is 0. The highest BCUT2D eigenvalue weighted by molar-refractivity contribution is 6.33. The van der Waals surface area contributed by atoms with Gasteiger partial charge in [0.25, 0.3) is 0 Å². The van der Waals surface area contributed by atoms with Crippen LogP contribution in [0.25, 0.3) is 0 Å². The van der Waals surface area contributed by atoms with Crippen molar-refractivity contribution >= 4 is 23.2 Å². The van der Waals surface area contributed by atoms with E-state index in [9.17, 15) is 0 Å². The Bertz CT molecular complexity index is 804. The van der Waals surface area contributed by atoms with Gasteiger partial charge < -0.3 is 18.9 Å². The second-order valence-corrected chi connectivity index (χ2v) is 7.15. The van der Waals surface area contributed by atoms with Crippen molar-refractivity contribution in [3.8, 4) is 23.0 Å². The Morgan fingerprint density at radius 2 is 0.815 bits per heavy atom. The molecule has 0 unspecified atom stereocenters. The number of hydrogen-bond acceptors (Lipinski definition) is 4. The van der Waals surface area contributed by atoms with Crippen LogP contribution in [0.2, 0.25) is 10.0 Å². The standard InChI is InChI=1S/C21H26Cl2O4/c1-10-14(20(26-7)16(22)12(3)18(10)24-5)9-15-11(2)19(25-6)13(4)17(23)21(15)27-8/h9H2,1-8H3. The molecule has 6 heteroatoms. The van der Waals surface area contributed by atoms with E-state index in [1.807, 2.05) is 27.7 Å². The van der Waals surface area contributed by atoms with Gasteiger partial charge in [-0.3, -0.25) is 0 Å². The van der Waals surface area contributed by atoms with Gasteiger partial charge in [-0.1, -0.05) is 23.2 Å². The van der Waals surface area contributed by atoms with E-state index in [1.165, 1.54) is 0 Å². The minimum atomic E-state index is 0.511. The lowest BCUT2D eigenvalue weighted by molar-refractivity contribution is 0.389. The van der Waals surface area contributed by atoms with Crippen molar-refractivity contribution in [2.75, 3.05) is 28.4 Å². The zero-order chi connectivity index (χ0) is 20.5. The van der Waals surface area contributed by atoms with Crippen LogP contribution in [-0.4, -0.2) is 28.4 Å². The number of halogens is 2. The van der Waals surface area contributed by atoms with Gasteiger partial charge in [0.05, 0.1) is 38.5 Å². The van der Waals surface area contributed by atoms with Gasteiger partial charge in [-0.05, 0) is 38.8 Å². The van der Waals surface area contributed by atoms with Crippen LogP contribution in [0.4, 0.5) is 0 Å². The van der Waals surface area contributed by atoms with Crippen molar-refractivity contribution < 1.29 is 18.9 Å². The molecule has 148 valence electrons. The highest BCUT2D eigenvalue weighted by atomic mass is 35.5. The number of rotatable bonds is 6. The summed E-state index contributed by atoms with van der Waals surface area (Å²) in [7, 11) is 6.50. The molecule has 0 saturated heterocycles. The van der Waals surface area contributed by atoms with E-state index in [0.29, 0.717) is 28.0 Å². The molecule has 0 atom stereocenters. The Labute approximate surface area is 171 Å². The van der Waals surface area contributed by atoms with Gasteiger partial charge in [0.15, 0.2) is 0 Å². The van der Waals surface area contributed by atoms with Crippen molar-refractivity contribution in [3.05, 3.63) is 43.4 Å². The fourth-order valence-corrected chi connectivity index (χ4v) is 4.18. The molecule has 2 rings (SSSR count). The smallest absolute Gasteiger partial charge is 0.141 e. The van der Waals surface area contributed by atoms with Crippen molar-refractivity contribution in [2.24, 2.45) is 0 Å². The van der Waals surface area contributed by atoms with E-state index in [1.54, 1.807) is 28.4 Å². The highest BCUT2D eigenvalue weighted by Crippen LogP contribution is 2.46. The first kappa shape index (κ1) is 21.5. The summed E-state index contributed by atoms with van der Waals surface area (Å²) < 4.78 is 22.5. The molecular weight excluding hydrogens is 387 g/mol. The first-order valence-corrected chi connectivity index (χ1v) is 9.29. The van der Waals surface area contributed by atoms with Crippen LogP contribution in [0.3, 0.4) is 0 Å². The van der Waals surface area contributed by atoms with Gasteiger partial charge in [0.1, 0.15) is 23.0 Å². The molecule has 0 fully saturated rings. The Kier molecular flexibility index (Phi) is 6.77. The molecule has 0 saturated carbocycles. The molecule has 0 aliphatic heterocycles. The summed E-state index contributed by atoms with van der Waals surface area (Å²) in [5.41, 5.74) is 5.48. The molecule has 0 aromatic heterocycles. The Hall–Kier alpha value is -1.78. The maximum absolute atomic E-state index is 6.56. The van der Waals surface area contributed by atoms with Gasteiger partial charge in [-0.15, -0.1) is 0 Å². The molecule has 2 aromatic rings. The lowest BCUT2D eigenvalue weighted by Crippen LogP contribution is -2.07. The summed E-state index contributed by atoms with van der Waals surface area (Å²) in [5.74, 6) is 2.75. The summed E-state index contributed by atoms with van der Waals surface area (Å²) in [4.78, 5) is 0. The minimum Gasteiger partial charge on any atom is -0.496 e. The molecular formula is C21H26Cl2O4. The van der Waals surface area contributed by atoms with E-state index in [-0.39, 0.29) is 0 Å². The van der Waals surface area contributed by atoms with Crippen LogP contribution in [-0.2, 0) is 6.42 Å². The normalized spacial score (nSPS) is 10.7. The third-order valence-electron chi connectivity index (χ3n) is 5.04. The molecule has 0 bridgehead atoms. The first-order chi connectivity index (χ1) is 12.7. The lowest BCUT2D eigenvalue weighted by Gasteiger charge is -2.23. The average Bonchev–Trinajstić information content (AvgIpc) is 2.65. The van der Waals surface area contributed by atoms with Crippen LogP contribution >= 0.6 is 23.2 Å². The SMILES string of the molecule is COc1c(C)c(Cl)c(OC)c(Cc2c(C)c(OC)c(C)c(Cl)c2OC)c1C. The van der Waals surface area contributed by atoms with E-state index in [0.717, 1.165) is 44.9 Å².